The van der Waals surface area contributed by atoms with E-state index in [-0.39, 0.29) is 30.3 Å². The van der Waals surface area contributed by atoms with Crippen LogP contribution in [0.1, 0.15) is 36.5 Å². The van der Waals surface area contributed by atoms with E-state index in [1.165, 1.54) is 6.92 Å². The second-order valence-electron chi connectivity index (χ2n) is 7.83. The van der Waals surface area contributed by atoms with E-state index < -0.39 is 41.1 Å². The molecule has 0 amide bonds. The first-order valence-electron chi connectivity index (χ1n) is 9.95. The summed E-state index contributed by atoms with van der Waals surface area (Å²) in [5.41, 5.74) is -3.37. The van der Waals surface area contributed by atoms with Gasteiger partial charge in [-0.1, -0.05) is 0 Å². The molecule has 2 aromatic heterocycles. The van der Waals surface area contributed by atoms with E-state index >= 15 is 0 Å². The molecule has 1 aliphatic rings. The van der Waals surface area contributed by atoms with Gasteiger partial charge in [-0.15, -0.1) is 0 Å². The van der Waals surface area contributed by atoms with Gasteiger partial charge in [-0.2, -0.15) is 26.3 Å². The quantitative estimate of drug-likeness (QED) is 0.505. The van der Waals surface area contributed by atoms with Gasteiger partial charge in [-0.3, -0.25) is 9.59 Å². The topological polar surface area (TPSA) is 88.2 Å². The van der Waals surface area contributed by atoms with Gasteiger partial charge in [0.25, 0.3) is 5.56 Å². The number of ether oxygens (including phenoxy) is 1. The number of carbonyl (C=O) groups is 1. The van der Waals surface area contributed by atoms with Crippen molar-refractivity contribution in [2.75, 3.05) is 18.0 Å². The Morgan fingerprint density at radius 2 is 1.88 bits per heavy atom. The molecule has 3 rings (SSSR count). The van der Waals surface area contributed by atoms with Crippen LogP contribution in [0.2, 0.25) is 0 Å². The van der Waals surface area contributed by atoms with Crippen LogP contribution in [0.5, 0.6) is 0 Å². The number of esters is 1. The van der Waals surface area contributed by atoms with Crippen LogP contribution in [0.25, 0.3) is 0 Å². The van der Waals surface area contributed by atoms with E-state index in [2.05, 4.69) is 9.97 Å². The fourth-order valence-corrected chi connectivity index (χ4v) is 3.55. The predicted octanol–water partition coefficient (Wildman–Crippen LogP) is 3.59. The Kier molecular flexibility index (Phi) is 6.98. The molecule has 1 N–H and O–H groups in total. The molecule has 0 aliphatic carbocycles. The summed E-state index contributed by atoms with van der Waals surface area (Å²) in [6.07, 6.45) is -6.95. The highest BCUT2D eigenvalue weighted by Gasteiger charge is 2.35. The van der Waals surface area contributed by atoms with E-state index in [0.717, 1.165) is 12.3 Å². The summed E-state index contributed by atoms with van der Waals surface area (Å²) in [7, 11) is 0. The van der Waals surface area contributed by atoms with Crippen LogP contribution < -0.4 is 10.5 Å². The lowest BCUT2D eigenvalue weighted by Gasteiger charge is -2.18. The molecule has 0 saturated carbocycles. The first kappa shape index (κ1) is 24.5. The van der Waals surface area contributed by atoms with Crippen molar-refractivity contribution in [2.24, 2.45) is 5.92 Å². The molecule has 0 aromatic carbocycles. The Hall–Kier alpha value is -3.12. The first-order valence-corrected chi connectivity index (χ1v) is 9.95. The first-order chi connectivity index (χ1) is 15.3. The molecule has 13 heteroatoms. The molecule has 1 aliphatic heterocycles. The summed E-state index contributed by atoms with van der Waals surface area (Å²) >= 11 is 0. The monoisotopic (exact) mass is 478 g/mol. The van der Waals surface area contributed by atoms with E-state index in [4.69, 9.17) is 4.74 Å². The number of nitrogens with zero attached hydrogens (tertiary/aromatic N) is 3. The van der Waals surface area contributed by atoms with Gasteiger partial charge in [0.1, 0.15) is 11.7 Å². The standard InChI is InChI=1S/C20H20F6N4O3/c1-11(4-13-5-15(20(24,25)26)17(32)27-7-13)33-16(31)6-12-2-3-30(10-12)18-28-8-14(9-29-18)19(21,22)23/h5,7-9,11-12H,2-4,6,10H2,1H3,(H,27,32)/t11-,12-/m0/s1. The highest BCUT2D eigenvalue weighted by atomic mass is 19.4. The maximum absolute atomic E-state index is 12.9. The molecule has 0 radical (unpaired) electrons. The molecule has 3 heterocycles. The average molecular weight is 478 g/mol. The number of anilines is 1. The van der Waals surface area contributed by atoms with Gasteiger partial charge < -0.3 is 14.6 Å². The van der Waals surface area contributed by atoms with Crippen LogP contribution in [0, 0.1) is 5.92 Å². The molecule has 2 aromatic rings. The van der Waals surface area contributed by atoms with Crippen LogP contribution in [0.4, 0.5) is 32.3 Å². The molecule has 2 atom stereocenters. The number of halogens is 6. The minimum Gasteiger partial charge on any atom is -0.462 e. The Bertz CT molecular complexity index is 1040. The molecular weight excluding hydrogens is 458 g/mol. The highest BCUT2D eigenvalue weighted by Crippen LogP contribution is 2.30. The lowest BCUT2D eigenvalue weighted by atomic mass is 10.1. The number of alkyl halides is 6. The van der Waals surface area contributed by atoms with Gasteiger partial charge in [0, 0.05) is 38.1 Å². The number of pyridine rings is 1. The minimum atomic E-state index is -4.80. The van der Waals surface area contributed by atoms with E-state index in [1.807, 2.05) is 4.98 Å². The molecule has 0 unspecified atom stereocenters. The summed E-state index contributed by atoms with van der Waals surface area (Å²) in [5.74, 6) is -0.561. The third-order valence-corrected chi connectivity index (χ3v) is 5.11. The van der Waals surface area contributed by atoms with Gasteiger partial charge in [-0.05, 0) is 30.9 Å². The molecule has 180 valence electrons. The van der Waals surface area contributed by atoms with E-state index in [1.54, 1.807) is 4.90 Å². The third kappa shape index (κ3) is 6.45. The number of H-pyrrole nitrogens is 1. The normalized spacial score (nSPS) is 17.8. The van der Waals surface area contributed by atoms with Crippen LogP contribution in [0.3, 0.4) is 0 Å². The minimum absolute atomic E-state index is 0.0260. The Labute approximate surface area is 183 Å². The van der Waals surface area contributed by atoms with Crippen molar-refractivity contribution in [1.29, 1.82) is 0 Å². The highest BCUT2D eigenvalue weighted by molar-refractivity contribution is 5.70. The lowest BCUT2D eigenvalue weighted by molar-refractivity contribution is -0.149. The summed E-state index contributed by atoms with van der Waals surface area (Å²) < 4.78 is 81.7. The van der Waals surface area contributed by atoms with Gasteiger partial charge in [0.2, 0.25) is 5.95 Å². The van der Waals surface area contributed by atoms with Crippen LogP contribution in [0.15, 0.2) is 29.5 Å². The number of rotatable bonds is 6. The Morgan fingerprint density at radius 3 is 2.48 bits per heavy atom. The van der Waals surface area contributed by atoms with Crippen molar-refractivity contribution in [3.05, 3.63) is 51.7 Å². The summed E-state index contributed by atoms with van der Waals surface area (Å²) in [5, 5.41) is 0. The van der Waals surface area contributed by atoms with Crippen molar-refractivity contribution in [2.45, 2.75) is 44.6 Å². The Morgan fingerprint density at radius 1 is 1.21 bits per heavy atom. The fourth-order valence-electron chi connectivity index (χ4n) is 3.55. The number of carbonyl (C=O) groups excluding carboxylic acids is 1. The molecule has 33 heavy (non-hydrogen) atoms. The van der Waals surface area contributed by atoms with Gasteiger partial charge >= 0.3 is 18.3 Å². The zero-order chi connectivity index (χ0) is 24.4. The molecule has 0 bridgehead atoms. The number of nitrogens with one attached hydrogen (secondary N) is 1. The number of aromatic nitrogens is 3. The molecule has 7 nitrogen and oxygen atoms in total. The Balaban J connectivity index is 1.51. The summed E-state index contributed by atoms with van der Waals surface area (Å²) in [4.78, 5) is 34.8. The second-order valence-corrected chi connectivity index (χ2v) is 7.83. The summed E-state index contributed by atoms with van der Waals surface area (Å²) in [6.45, 7) is 2.33. The maximum Gasteiger partial charge on any atom is 0.421 e. The predicted molar refractivity (Wildman–Crippen MR) is 103 cm³/mol. The van der Waals surface area contributed by atoms with Crippen molar-refractivity contribution in [3.8, 4) is 0 Å². The van der Waals surface area contributed by atoms with Crippen LogP contribution in [-0.2, 0) is 28.3 Å². The van der Waals surface area contributed by atoms with Crippen molar-refractivity contribution in [1.82, 2.24) is 15.0 Å². The summed E-state index contributed by atoms with van der Waals surface area (Å²) in [6, 6.07) is 0.724. The maximum atomic E-state index is 12.9. The van der Waals surface area contributed by atoms with Crippen molar-refractivity contribution >= 4 is 11.9 Å². The van der Waals surface area contributed by atoms with Crippen LogP contribution in [-0.4, -0.2) is 40.1 Å². The molecule has 1 fully saturated rings. The molecule has 1 saturated heterocycles. The van der Waals surface area contributed by atoms with E-state index in [9.17, 15) is 35.9 Å². The fraction of sp³-hybridized carbons (Fsp3) is 0.500. The smallest absolute Gasteiger partial charge is 0.421 e. The van der Waals surface area contributed by atoms with Crippen molar-refractivity contribution in [3.63, 3.8) is 0 Å². The number of hydrogen-bond acceptors (Lipinski definition) is 6. The zero-order valence-electron chi connectivity index (χ0n) is 17.3. The number of aromatic amines is 1. The zero-order valence-corrected chi connectivity index (χ0v) is 17.3. The van der Waals surface area contributed by atoms with Crippen molar-refractivity contribution < 1.29 is 35.9 Å². The average Bonchev–Trinajstić information content (AvgIpc) is 3.16. The molecular formula is C20H20F6N4O3. The van der Waals surface area contributed by atoms with E-state index in [0.29, 0.717) is 31.9 Å². The van der Waals surface area contributed by atoms with Gasteiger partial charge in [0.15, 0.2) is 0 Å². The SMILES string of the molecule is C[C@@H](Cc1c[nH]c(=O)c(C(F)(F)F)c1)OC(=O)C[C@@H]1CCN(c2ncc(C(F)(F)F)cn2)C1. The van der Waals surface area contributed by atoms with Gasteiger partial charge in [-0.25, -0.2) is 9.97 Å². The van der Waals surface area contributed by atoms with Crippen LogP contribution >= 0.6 is 0 Å². The third-order valence-electron chi connectivity index (χ3n) is 5.11. The largest absolute Gasteiger partial charge is 0.462 e. The second kappa shape index (κ2) is 9.40. The number of hydrogen-bond donors (Lipinski definition) is 1. The molecule has 0 spiro atoms. The lowest BCUT2D eigenvalue weighted by Crippen LogP contribution is -2.25. The van der Waals surface area contributed by atoms with Gasteiger partial charge in [0.05, 0.1) is 12.0 Å².